The van der Waals surface area contributed by atoms with E-state index in [0.717, 1.165) is 44.2 Å². The fourth-order valence-corrected chi connectivity index (χ4v) is 1.82. The number of piperazine rings is 1. The molecule has 0 radical (unpaired) electrons. The van der Waals surface area contributed by atoms with Crippen LogP contribution in [-0.4, -0.2) is 55.1 Å². The van der Waals surface area contributed by atoms with Gasteiger partial charge in [-0.25, -0.2) is 4.98 Å². The molecule has 1 saturated heterocycles. The maximum Gasteiger partial charge on any atom is 0.147 e. The predicted molar refractivity (Wildman–Crippen MR) is 64.5 cm³/mol. The van der Waals surface area contributed by atoms with Crippen molar-refractivity contribution in [3.05, 3.63) is 18.1 Å². The summed E-state index contributed by atoms with van der Waals surface area (Å²) >= 11 is 0. The van der Waals surface area contributed by atoms with Crippen molar-refractivity contribution in [1.82, 2.24) is 20.2 Å². The Kier molecular flexibility index (Phi) is 3.69. The van der Waals surface area contributed by atoms with E-state index in [0.29, 0.717) is 0 Å². The third-order valence-corrected chi connectivity index (χ3v) is 2.88. The summed E-state index contributed by atoms with van der Waals surface area (Å²) in [5.41, 5.74) is 0.986. The van der Waals surface area contributed by atoms with E-state index in [4.69, 9.17) is 0 Å². The van der Waals surface area contributed by atoms with E-state index in [1.165, 1.54) is 0 Å². The van der Waals surface area contributed by atoms with E-state index in [1.54, 1.807) is 0 Å². The minimum Gasteiger partial charge on any atom is -0.353 e. The first-order valence-electron chi connectivity index (χ1n) is 5.68. The Morgan fingerprint density at radius 2 is 1.94 bits per heavy atom. The van der Waals surface area contributed by atoms with E-state index in [9.17, 15) is 0 Å². The van der Waals surface area contributed by atoms with E-state index >= 15 is 0 Å². The molecule has 0 unspecified atom stereocenters. The molecule has 1 N–H and O–H groups in total. The fraction of sp³-hybridized carbons (Fsp3) is 0.636. The molecular weight excluding hydrogens is 202 g/mol. The van der Waals surface area contributed by atoms with Gasteiger partial charge in [-0.15, -0.1) is 0 Å². The average Bonchev–Trinajstić information content (AvgIpc) is 2.32. The molecule has 1 aliphatic heterocycles. The van der Waals surface area contributed by atoms with Crippen LogP contribution in [0.5, 0.6) is 0 Å². The van der Waals surface area contributed by atoms with Gasteiger partial charge in [-0.1, -0.05) is 0 Å². The Bertz CT molecular complexity index is 316. The maximum atomic E-state index is 4.45. The molecule has 5 nitrogen and oxygen atoms in total. The lowest BCUT2D eigenvalue weighted by Gasteiger charge is -2.32. The van der Waals surface area contributed by atoms with Crippen molar-refractivity contribution < 1.29 is 0 Å². The minimum absolute atomic E-state index is 0.774. The van der Waals surface area contributed by atoms with Gasteiger partial charge in [0.15, 0.2) is 0 Å². The van der Waals surface area contributed by atoms with Gasteiger partial charge in [-0.05, 0) is 14.1 Å². The molecule has 0 aromatic carbocycles. The van der Waals surface area contributed by atoms with E-state index in [1.807, 2.05) is 19.4 Å². The minimum atomic E-state index is 0.774. The molecule has 1 aromatic rings. The Morgan fingerprint density at radius 3 is 2.50 bits per heavy atom. The molecule has 0 atom stereocenters. The van der Waals surface area contributed by atoms with Crippen molar-refractivity contribution in [3.8, 4) is 0 Å². The zero-order valence-electron chi connectivity index (χ0n) is 9.98. The fourth-order valence-electron chi connectivity index (χ4n) is 1.82. The van der Waals surface area contributed by atoms with Gasteiger partial charge in [0.1, 0.15) is 5.82 Å². The number of hydrogen-bond acceptors (Lipinski definition) is 5. The number of rotatable bonds is 3. The van der Waals surface area contributed by atoms with Gasteiger partial charge in [-0.3, -0.25) is 4.98 Å². The summed E-state index contributed by atoms with van der Waals surface area (Å²) in [6.07, 6.45) is 3.72. The molecular formula is C11H19N5. The quantitative estimate of drug-likeness (QED) is 0.775. The maximum absolute atomic E-state index is 4.45. The van der Waals surface area contributed by atoms with E-state index in [2.05, 4.69) is 32.1 Å². The first-order chi connectivity index (χ1) is 7.79. The highest BCUT2D eigenvalue weighted by Gasteiger charge is 2.15. The monoisotopic (exact) mass is 221 g/mol. The van der Waals surface area contributed by atoms with E-state index < -0.39 is 0 Å². The molecule has 1 aromatic heterocycles. The number of aromatic nitrogens is 2. The summed E-state index contributed by atoms with van der Waals surface area (Å²) < 4.78 is 0. The van der Waals surface area contributed by atoms with Crippen molar-refractivity contribution in [2.24, 2.45) is 0 Å². The zero-order chi connectivity index (χ0) is 11.4. The number of likely N-dealkylation sites (N-methyl/N-ethyl adjacent to an activating group) is 1. The Balaban J connectivity index is 1.98. The summed E-state index contributed by atoms with van der Waals surface area (Å²) in [5.74, 6) is 0.993. The first kappa shape index (κ1) is 11.3. The van der Waals surface area contributed by atoms with Gasteiger partial charge >= 0.3 is 0 Å². The summed E-state index contributed by atoms with van der Waals surface area (Å²) in [7, 11) is 4.06. The Hall–Kier alpha value is -1.20. The summed E-state index contributed by atoms with van der Waals surface area (Å²) in [6.45, 7) is 5.04. The van der Waals surface area contributed by atoms with Crippen LogP contribution in [-0.2, 0) is 6.54 Å². The molecule has 0 bridgehead atoms. The molecule has 1 fully saturated rings. The second-order valence-corrected chi connectivity index (χ2v) is 4.19. The third-order valence-electron chi connectivity index (χ3n) is 2.88. The van der Waals surface area contributed by atoms with Gasteiger partial charge in [0, 0.05) is 32.7 Å². The molecule has 16 heavy (non-hydrogen) atoms. The lowest BCUT2D eigenvalue weighted by atomic mass is 10.3. The van der Waals surface area contributed by atoms with Gasteiger partial charge in [0.2, 0.25) is 0 Å². The third kappa shape index (κ3) is 2.68. The van der Waals surface area contributed by atoms with Crippen LogP contribution in [0.25, 0.3) is 0 Å². The topological polar surface area (TPSA) is 44.3 Å². The first-order valence-corrected chi connectivity index (χ1v) is 5.68. The van der Waals surface area contributed by atoms with Gasteiger partial charge in [0.05, 0.1) is 18.1 Å². The van der Waals surface area contributed by atoms with Crippen LogP contribution in [0, 0.1) is 0 Å². The lowest BCUT2D eigenvalue weighted by molar-refractivity contribution is 0.312. The number of nitrogens with zero attached hydrogens (tertiary/aromatic N) is 4. The molecule has 2 rings (SSSR count). The van der Waals surface area contributed by atoms with Crippen LogP contribution in [0.2, 0.25) is 0 Å². The zero-order valence-corrected chi connectivity index (χ0v) is 9.98. The molecule has 88 valence electrons. The van der Waals surface area contributed by atoms with Crippen LogP contribution in [0.4, 0.5) is 5.82 Å². The largest absolute Gasteiger partial charge is 0.353 e. The van der Waals surface area contributed by atoms with Crippen LogP contribution in [0.15, 0.2) is 12.4 Å². The number of hydrogen-bond donors (Lipinski definition) is 1. The molecule has 5 heteroatoms. The number of nitrogens with one attached hydrogen (secondary N) is 1. The van der Waals surface area contributed by atoms with Crippen LogP contribution >= 0.6 is 0 Å². The average molecular weight is 221 g/mol. The molecule has 0 aliphatic carbocycles. The molecule has 0 amide bonds. The molecule has 1 aliphatic rings. The standard InChI is InChI=1S/C11H19N5/c1-12-7-10-8-14-11(9-13-10)16-5-3-15(2)4-6-16/h8-9,12H,3-7H2,1-2H3. The van der Waals surface area contributed by atoms with Crippen molar-refractivity contribution in [2.75, 3.05) is 45.2 Å². The normalized spacial score (nSPS) is 17.8. The smallest absolute Gasteiger partial charge is 0.147 e. The van der Waals surface area contributed by atoms with Crippen molar-refractivity contribution in [1.29, 1.82) is 0 Å². The van der Waals surface area contributed by atoms with Crippen LogP contribution < -0.4 is 10.2 Å². The molecule has 0 saturated carbocycles. The van der Waals surface area contributed by atoms with Gasteiger partial charge < -0.3 is 15.1 Å². The lowest BCUT2D eigenvalue weighted by Crippen LogP contribution is -2.44. The Morgan fingerprint density at radius 1 is 1.19 bits per heavy atom. The Labute approximate surface area is 96.5 Å². The van der Waals surface area contributed by atoms with Crippen molar-refractivity contribution >= 4 is 5.82 Å². The summed E-state index contributed by atoms with van der Waals surface area (Å²) in [6, 6.07) is 0. The highest BCUT2D eigenvalue weighted by Crippen LogP contribution is 2.11. The van der Waals surface area contributed by atoms with Crippen molar-refractivity contribution in [3.63, 3.8) is 0 Å². The van der Waals surface area contributed by atoms with Crippen LogP contribution in [0.3, 0.4) is 0 Å². The van der Waals surface area contributed by atoms with E-state index in [-0.39, 0.29) is 0 Å². The molecule has 0 spiro atoms. The predicted octanol–water partition coefficient (Wildman–Crippen LogP) is -0.0522. The van der Waals surface area contributed by atoms with Crippen LogP contribution in [0.1, 0.15) is 5.69 Å². The second kappa shape index (κ2) is 5.23. The second-order valence-electron chi connectivity index (χ2n) is 4.19. The van der Waals surface area contributed by atoms with Gasteiger partial charge in [0.25, 0.3) is 0 Å². The number of anilines is 1. The summed E-state index contributed by atoms with van der Waals surface area (Å²) in [5, 5.41) is 3.07. The highest BCUT2D eigenvalue weighted by atomic mass is 15.3. The van der Waals surface area contributed by atoms with Gasteiger partial charge in [-0.2, -0.15) is 0 Å². The van der Waals surface area contributed by atoms with Crippen molar-refractivity contribution in [2.45, 2.75) is 6.54 Å². The molecule has 2 heterocycles. The SMILES string of the molecule is CNCc1cnc(N2CCN(C)CC2)cn1. The highest BCUT2D eigenvalue weighted by molar-refractivity contribution is 5.36. The summed E-state index contributed by atoms with van der Waals surface area (Å²) in [4.78, 5) is 13.5.